The highest BCUT2D eigenvalue weighted by Gasteiger charge is 2.36. The van der Waals surface area contributed by atoms with Gasteiger partial charge in [0.25, 0.3) is 0 Å². The minimum Gasteiger partial charge on any atom is -0.512 e. The van der Waals surface area contributed by atoms with Crippen molar-refractivity contribution in [1.82, 2.24) is 59.3 Å². The van der Waals surface area contributed by atoms with Crippen molar-refractivity contribution in [2.45, 2.75) is 95.8 Å². The summed E-state index contributed by atoms with van der Waals surface area (Å²) in [5.74, 6) is -1.03. The SMILES string of the molecule is CCC(=O)N1CCN(c2nc(CCCC(=O)N(C)C)nc3c(F)c(C4C=C(O)Cc5ccccc54)c(Cl)cc23)CC1.CCC(=O)N1CCN(c2nc(OCCC(=O)N(C)C)nc3c(F)c(C4C=C(O)Cc5ccccc54)c(Cl)cc23)CC1.CN(C)C(=O)CCNc1nc(N2CCN(C(N)=O)CC2)c2cc(Cl)c(C3C=C(O)Cc4ccccc43)c(F)c2n1. The summed E-state index contributed by atoms with van der Waals surface area (Å²) in [5, 5.41) is 36.5. The Morgan fingerprint density at radius 2 is 0.836 bits per heavy atom. The molecule has 3 aromatic heterocycles. The van der Waals surface area contributed by atoms with Crippen LogP contribution >= 0.6 is 34.8 Å². The molecule has 9 aromatic rings. The van der Waals surface area contributed by atoms with E-state index in [0.29, 0.717) is 169 Å². The highest BCUT2D eigenvalue weighted by molar-refractivity contribution is 6.33. The molecule has 0 spiro atoms. The second-order valence-corrected chi connectivity index (χ2v) is 32.6. The van der Waals surface area contributed by atoms with Crippen LogP contribution in [0.1, 0.15) is 126 Å². The fourth-order valence-corrected chi connectivity index (χ4v) is 17.2. The number of amides is 7. The molecule has 3 aliphatic carbocycles. The summed E-state index contributed by atoms with van der Waals surface area (Å²) in [6.45, 7) is 9.76. The largest absolute Gasteiger partial charge is 0.512 e. The zero-order valence-corrected chi connectivity index (χ0v) is 71.6. The van der Waals surface area contributed by atoms with Gasteiger partial charge in [-0.1, -0.05) is 121 Å². The normalized spacial score (nSPS) is 16.9. The van der Waals surface area contributed by atoms with Gasteiger partial charge in [0.2, 0.25) is 35.5 Å². The van der Waals surface area contributed by atoms with Crippen molar-refractivity contribution < 1.29 is 62.0 Å². The summed E-state index contributed by atoms with van der Waals surface area (Å²) in [6.07, 6.45) is 8.45. The van der Waals surface area contributed by atoms with E-state index in [9.17, 15) is 44.1 Å². The number of anilines is 4. The zero-order chi connectivity index (χ0) is 87.1. The van der Waals surface area contributed by atoms with Crippen LogP contribution in [-0.2, 0) is 49.7 Å². The van der Waals surface area contributed by atoms with Crippen LogP contribution in [0.25, 0.3) is 32.7 Å². The Bertz CT molecular complexity index is 5390. The van der Waals surface area contributed by atoms with Crippen molar-refractivity contribution in [3.8, 4) is 6.01 Å². The molecule has 3 saturated heterocycles. The van der Waals surface area contributed by atoms with Gasteiger partial charge in [0.05, 0.1) is 23.7 Å². The van der Waals surface area contributed by atoms with Crippen LogP contribution in [0.5, 0.6) is 6.01 Å². The van der Waals surface area contributed by atoms with E-state index >= 15 is 13.2 Å². The number of piperazine rings is 3. The van der Waals surface area contributed by atoms with Crippen LogP contribution in [-0.4, -0.2) is 244 Å². The van der Waals surface area contributed by atoms with Crippen molar-refractivity contribution in [3.05, 3.63) is 215 Å². The topological polar surface area (TPSA) is 317 Å². The number of halogens is 6. The number of hydrogen-bond acceptors (Lipinski definition) is 20. The van der Waals surface area contributed by atoms with Gasteiger partial charge in [0, 0.05) is 244 Å². The lowest BCUT2D eigenvalue weighted by Gasteiger charge is -2.36. The minimum atomic E-state index is -0.629. The van der Waals surface area contributed by atoms with Crippen LogP contribution < -0.4 is 30.5 Å². The summed E-state index contributed by atoms with van der Waals surface area (Å²) < 4.78 is 55.5. The molecular formula is C89H99Cl3F3N17O10. The molecule has 642 valence electrons. The maximum atomic E-state index is 16.6. The van der Waals surface area contributed by atoms with E-state index in [-0.39, 0.29) is 133 Å². The van der Waals surface area contributed by atoms with Gasteiger partial charge >= 0.3 is 12.0 Å². The lowest BCUT2D eigenvalue weighted by Crippen LogP contribution is -2.50. The van der Waals surface area contributed by atoms with Crippen molar-refractivity contribution in [2.75, 3.05) is 154 Å². The van der Waals surface area contributed by atoms with Crippen LogP contribution in [0.2, 0.25) is 15.1 Å². The molecule has 6 aliphatic rings. The Morgan fingerprint density at radius 3 is 1.24 bits per heavy atom. The minimum absolute atomic E-state index is 0.00512. The molecule has 3 unspecified atom stereocenters. The molecule has 6 N–H and O–H groups in total. The van der Waals surface area contributed by atoms with Gasteiger partial charge in [-0.3, -0.25) is 24.0 Å². The lowest BCUT2D eigenvalue weighted by molar-refractivity contribution is -0.131. The summed E-state index contributed by atoms with van der Waals surface area (Å²) in [6, 6.07) is 27.3. The second kappa shape index (κ2) is 38.5. The van der Waals surface area contributed by atoms with Crippen LogP contribution in [0, 0.1) is 17.5 Å². The van der Waals surface area contributed by atoms with E-state index in [2.05, 4.69) is 35.1 Å². The van der Waals surface area contributed by atoms with Crippen LogP contribution in [0.3, 0.4) is 0 Å². The monoisotopic (exact) mass is 1730 g/mol. The van der Waals surface area contributed by atoms with Gasteiger partial charge in [-0.15, -0.1) is 0 Å². The number of nitrogens with two attached hydrogens (primary N) is 1. The van der Waals surface area contributed by atoms with Crippen molar-refractivity contribution >= 4 is 126 Å². The third-order valence-electron chi connectivity index (χ3n) is 22.8. The molecule has 0 saturated carbocycles. The molecule has 0 bridgehead atoms. The molecule has 33 heteroatoms. The molecule has 122 heavy (non-hydrogen) atoms. The number of aryl methyl sites for hydroxylation is 1. The molecule has 6 aromatic carbocycles. The van der Waals surface area contributed by atoms with Gasteiger partial charge in [-0.2, -0.15) is 15.0 Å². The Morgan fingerprint density at radius 1 is 0.475 bits per heavy atom. The second-order valence-electron chi connectivity index (χ2n) is 31.4. The Balaban J connectivity index is 0.000000158. The first-order chi connectivity index (χ1) is 58.5. The van der Waals surface area contributed by atoms with E-state index in [1.165, 1.54) is 14.7 Å². The first-order valence-corrected chi connectivity index (χ1v) is 41.9. The number of nitrogens with zero attached hydrogens (tertiary/aromatic N) is 15. The molecule has 3 atom stereocenters. The molecule has 7 amide bonds. The highest BCUT2D eigenvalue weighted by Crippen LogP contribution is 2.47. The number of aromatic nitrogens is 6. The molecule has 27 nitrogen and oxygen atoms in total. The number of fused-ring (bicyclic) bond motifs is 6. The number of carbonyl (C=O) groups is 6. The Hall–Kier alpha value is -11.8. The maximum absolute atomic E-state index is 16.6. The van der Waals surface area contributed by atoms with E-state index < -0.39 is 41.2 Å². The Kier molecular flexibility index (Phi) is 27.8. The molecule has 3 aliphatic heterocycles. The number of nitrogens with one attached hydrogen (secondary N) is 1. The lowest BCUT2D eigenvalue weighted by atomic mass is 9.82. The predicted octanol–water partition coefficient (Wildman–Crippen LogP) is 13.1. The number of benzene rings is 6. The number of aliphatic hydroxyl groups is 3. The summed E-state index contributed by atoms with van der Waals surface area (Å²) >= 11 is 20.4. The van der Waals surface area contributed by atoms with Crippen LogP contribution in [0.4, 0.5) is 41.4 Å². The number of hydrogen-bond donors (Lipinski definition) is 5. The average molecular weight is 1730 g/mol. The van der Waals surface area contributed by atoms with Gasteiger partial charge in [0.1, 0.15) is 46.4 Å². The molecular weight excluding hydrogens is 1630 g/mol. The van der Waals surface area contributed by atoms with E-state index in [0.717, 1.165) is 33.4 Å². The summed E-state index contributed by atoms with van der Waals surface area (Å²) in [4.78, 5) is 116. The fourth-order valence-electron chi connectivity index (χ4n) is 16.3. The molecule has 6 heterocycles. The number of urea groups is 1. The number of primary amides is 1. The van der Waals surface area contributed by atoms with Gasteiger partial charge in [0.15, 0.2) is 17.5 Å². The van der Waals surface area contributed by atoms with Gasteiger partial charge < -0.3 is 75.2 Å². The van der Waals surface area contributed by atoms with E-state index in [4.69, 9.17) is 50.3 Å². The quantitative estimate of drug-likeness (QED) is 0.0473. The molecule has 3 fully saturated rings. The molecule has 0 radical (unpaired) electrons. The molecule has 15 rings (SSSR count). The van der Waals surface area contributed by atoms with Crippen LogP contribution in [0.15, 0.2) is 127 Å². The summed E-state index contributed by atoms with van der Waals surface area (Å²) in [7, 11) is 10.1. The zero-order valence-electron chi connectivity index (χ0n) is 69.3. The fraction of sp³-hybridized carbons (Fsp3) is 0.393. The average Bonchev–Trinajstić information content (AvgIpc) is 0.752. The van der Waals surface area contributed by atoms with E-state index in [1.807, 2.05) is 101 Å². The number of allylic oxidation sites excluding steroid dienone is 6. The predicted molar refractivity (Wildman–Crippen MR) is 465 cm³/mol. The smallest absolute Gasteiger partial charge is 0.319 e. The van der Waals surface area contributed by atoms with E-state index in [1.54, 1.807) is 88.5 Å². The third-order valence-corrected chi connectivity index (χ3v) is 23.8. The van der Waals surface area contributed by atoms with Gasteiger partial charge in [-0.05, 0) is 76.2 Å². The van der Waals surface area contributed by atoms with Crippen molar-refractivity contribution in [2.24, 2.45) is 5.73 Å². The number of aliphatic hydroxyl groups excluding tert-OH is 3. The number of rotatable bonds is 20. The summed E-state index contributed by atoms with van der Waals surface area (Å²) in [5.41, 5.74) is 11.7. The number of carbonyl (C=O) groups excluding carboxylic acids is 6. The standard InChI is InChI=1S/C31H35ClFN5O3.C30H33ClFN5O4.C28H31ClFN7O3/c1-4-26(40)37-12-14-38(15-13-37)31-23-18-24(32)28(22-17-20(39)16-19-8-5-6-9-21(19)22)29(33)30(23)34-25(35-31)10-7-11-27(41)36(2)3;1-4-24(39)36-10-12-37(13-11-36)29-22-17-23(31)26(21-16-19(38)15-18-7-5-6-8-20(18)21)27(32)28(22)33-30(34-29)41-14-9-25(40)35(2)3;1-35(2)22(39)7-8-32-28-33-25-20(26(34-28)36-9-11-37(12-10-36)27(31)40)15-21(29)23(24(25)30)19-14-17(38)13-16-5-3-4-6-18(16)19/h5-6,8-9,17-18,22,39H,4,7,10-16H2,1-3H3;5-8,16-17,21,38H,4,9-15H2,1-3H3;3-6,14-15,19,38H,7-13H2,1-2H3,(H2,31,40)(H,32,33,34). The van der Waals surface area contributed by atoms with Crippen molar-refractivity contribution in [1.29, 1.82) is 0 Å². The Labute approximate surface area is 720 Å². The highest BCUT2D eigenvalue weighted by atomic mass is 35.5. The van der Waals surface area contributed by atoms with Crippen molar-refractivity contribution in [3.63, 3.8) is 0 Å². The van der Waals surface area contributed by atoms with Gasteiger partial charge in [-0.25, -0.2) is 32.9 Å². The number of ether oxygens (including phenoxy) is 1. The first-order valence-electron chi connectivity index (χ1n) is 40.8. The third kappa shape index (κ3) is 19.4. The first kappa shape index (κ1) is 88.0. The maximum Gasteiger partial charge on any atom is 0.319 e.